The molecule has 3 rings (SSSR count). The molecule has 0 heterocycles. The molecule has 0 fully saturated rings. The van der Waals surface area contributed by atoms with E-state index in [1.165, 1.54) is 0 Å². The van der Waals surface area contributed by atoms with Crippen LogP contribution in [0.15, 0.2) is 72.8 Å². The van der Waals surface area contributed by atoms with E-state index in [2.05, 4.69) is 91.4 Å². The molecule has 155 valence electrons. The van der Waals surface area contributed by atoms with E-state index in [-0.39, 0.29) is 12.2 Å². The van der Waals surface area contributed by atoms with Crippen molar-refractivity contribution < 1.29 is 9.47 Å². The summed E-state index contributed by atoms with van der Waals surface area (Å²) in [5.74, 6) is 1.74. The first kappa shape index (κ1) is 22.0. The minimum atomic E-state index is 0.174. The third kappa shape index (κ3) is 5.67. The first-order valence-electron chi connectivity index (χ1n) is 10.6. The molecule has 2 atom stereocenters. The van der Waals surface area contributed by atoms with Crippen LogP contribution in [-0.2, 0) is 0 Å². The molecule has 30 heavy (non-hydrogen) atoms. The number of anilines is 3. The number of hydrogen-bond acceptors (Lipinski definition) is 3. The van der Waals surface area contributed by atoms with Crippen LogP contribution in [0.3, 0.4) is 0 Å². The van der Waals surface area contributed by atoms with Gasteiger partial charge in [0, 0.05) is 29.2 Å². The molecule has 3 nitrogen and oxygen atoms in total. The highest BCUT2D eigenvalue weighted by atomic mass is 28.1. The molecule has 0 spiro atoms. The maximum Gasteiger partial charge on any atom is 0.121 e. The lowest BCUT2D eigenvalue weighted by Crippen LogP contribution is -2.14. The van der Waals surface area contributed by atoms with Crippen molar-refractivity contribution in [3.05, 3.63) is 72.8 Å². The number of hydrogen-bond donors (Lipinski definition) is 0. The normalized spacial score (nSPS) is 12.8. The van der Waals surface area contributed by atoms with Gasteiger partial charge in [0.05, 0.1) is 22.5 Å². The van der Waals surface area contributed by atoms with Crippen molar-refractivity contribution in [2.24, 2.45) is 0 Å². The Morgan fingerprint density at radius 1 is 0.700 bits per heavy atom. The van der Waals surface area contributed by atoms with Crippen molar-refractivity contribution in [3.8, 4) is 11.5 Å². The SMILES string of the molecule is CCC(C)Oc1cccc(N(c2ccc([Si])cc2)c2cccc(OC(C)CC)c2)c1. The van der Waals surface area contributed by atoms with Gasteiger partial charge in [-0.1, -0.05) is 43.3 Å². The molecule has 0 amide bonds. The Balaban J connectivity index is 2.03. The summed E-state index contributed by atoms with van der Waals surface area (Å²) < 4.78 is 12.2. The van der Waals surface area contributed by atoms with Gasteiger partial charge in [-0.05, 0) is 63.1 Å². The van der Waals surface area contributed by atoms with Gasteiger partial charge in [0.15, 0.2) is 0 Å². The van der Waals surface area contributed by atoms with Crippen molar-refractivity contribution in [3.63, 3.8) is 0 Å². The predicted molar refractivity (Wildman–Crippen MR) is 127 cm³/mol. The molecular formula is C26H30NO2Si. The van der Waals surface area contributed by atoms with Crippen LogP contribution < -0.4 is 19.6 Å². The van der Waals surface area contributed by atoms with Crippen LogP contribution >= 0.6 is 0 Å². The van der Waals surface area contributed by atoms with E-state index in [0.29, 0.717) is 0 Å². The molecule has 0 saturated heterocycles. The maximum atomic E-state index is 6.08. The topological polar surface area (TPSA) is 21.7 Å². The summed E-state index contributed by atoms with van der Waals surface area (Å²) in [6.07, 6.45) is 2.28. The van der Waals surface area contributed by atoms with Gasteiger partial charge < -0.3 is 14.4 Å². The summed E-state index contributed by atoms with van der Waals surface area (Å²) in [6.45, 7) is 8.44. The van der Waals surface area contributed by atoms with Crippen LogP contribution in [0, 0.1) is 0 Å². The summed E-state index contributed by atoms with van der Waals surface area (Å²) in [4.78, 5) is 2.22. The number of ether oxygens (including phenoxy) is 2. The van der Waals surface area contributed by atoms with E-state index in [0.717, 1.165) is 46.6 Å². The second-order valence-corrected chi connectivity index (χ2v) is 8.13. The molecule has 2 unspecified atom stereocenters. The highest BCUT2D eigenvalue weighted by Gasteiger charge is 2.15. The highest BCUT2D eigenvalue weighted by molar-refractivity contribution is 6.32. The zero-order valence-corrected chi connectivity index (χ0v) is 19.3. The minimum absolute atomic E-state index is 0.174. The zero-order chi connectivity index (χ0) is 21.5. The Kier molecular flexibility index (Phi) is 7.58. The van der Waals surface area contributed by atoms with E-state index in [1.54, 1.807) is 0 Å². The largest absolute Gasteiger partial charge is 0.491 e. The fourth-order valence-corrected chi connectivity index (χ4v) is 3.25. The van der Waals surface area contributed by atoms with Crippen LogP contribution in [0.1, 0.15) is 40.5 Å². The fourth-order valence-electron chi connectivity index (χ4n) is 3.08. The predicted octanol–water partition coefficient (Wildman–Crippen LogP) is 6.30. The van der Waals surface area contributed by atoms with Gasteiger partial charge in [-0.25, -0.2) is 0 Å². The van der Waals surface area contributed by atoms with Crippen molar-refractivity contribution in [1.82, 2.24) is 0 Å². The monoisotopic (exact) mass is 416 g/mol. The smallest absolute Gasteiger partial charge is 0.121 e. The molecule has 0 aliphatic heterocycles. The van der Waals surface area contributed by atoms with Gasteiger partial charge in [0.2, 0.25) is 0 Å². The lowest BCUT2D eigenvalue weighted by Gasteiger charge is -2.27. The molecular weight excluding hydrogens is 386 g/mol. The third-order valence-electron chi connectivity index (χ3n) is 5.10. The molecule has 4 heteroatoms. The standard InChI is InChI=1S/C26H30NO2Si/c1-5-19(3)28-24-11-7-9-22(17-24)27(21-13-15-26(30)16-14-21)23-10-8-12-25(18-23)29-20(4)6-2/h7-20H,5-6H2,1-4H3. The van der Waals surface area contributed by atoms with Crippen LogP contribution in [-0.4, -0.2) is 22.5 Å². The van der Waals surface area contributed by atoms with Crippen LogP contribution in [0.4, 0.5) is 17.1 Å². The quantitative estimate of drug-likeness (QED) is 0.382. The van der Waals surface area contributed by atoms with Gasteiger partial charge in [-0.15, -0.1) is 0 Å². The molecule has 0 aliphatic rings. The number of nitrogens with zero attached hydrogens (tertiary/aromatic N) is 1. The van der Waals surface area contributed by atoms with Gasteiger partial charge >= 0.3 is 0 Å². The number of rotatable bonds is 9. The van der Waals surface area contributed by atoms with Gasteiger partial charge in [0.25, 0.3) is 0 Å². The van der Waals surface area contributed by atoms with Gasteiger partial charge in [0.1, 0.15) is 11.5 Å². The summed E-state index contributed by atoms with van der Waals surface area (Å²) in [6, 6.07) is 24.8. The second kappa shape index (κ2) is 10.3. The maximum absolute atomic E-state index is 6.08. The average molecular weight is 417 g/mol. The van der Waals surface area contributed by atoms with Gasteiger partial charge in [-0.2, -0.15) is 0 Å². The Bertz CT molecular complexity index is 886. The van der Waals surface area contributed by atoms with Crippen LogP contribution in [0.5, 0.6) is 11.5 Å². The van der Waals surface area contributed by atoms with Gasteiger partial charge in [-0.3, -0.25) is 0 Å². The Labute approximate surface area is 184 Å². The fraction of sp³-hybridized carbons (Fsp3) is 0.308. The first-order chi connectivity index (χ1) is 14.5. The van der Waals surface area contributed by atoms with E-state index in [4.69, 9.17) is 9.47 Å². The lowest BCUT2D eigenvalue weighted by molar-refractivity contribution is 0.217. The average Bonchev–Trinajstić information content (AvgIpc) is 2.75. The summed E-state index contributed by atoms with van der Waals surface area (Å²) in [7, 11) is 3.60. The minimum Gasteiger partial charge on any atom is -0.491 e. The van der Waals surface area contributed by atoms with E-state index < -0.39 is 0 Å². The summed E-state index contributed by atoms with van der Waals surface area (Å²) in [5.41, 5.74) is 3.15. The summed E-state index contributed by atoms with van der Waals surface area (Å²) in [5, 5.41) is 1.04. The molecule has 0 N–H and O–H groups in total. The molecule has 0 saturated carbocycles. The first-order valence-corrected chi connectivity index (χ1v) is 11.1. The second-order valence-electron chi connectivity index (χ2n) is 7.55. The van der Waals surface area contributed by atoms with E-state index >= 15 is 0 Å². The molecule has 3 radical (unpaired) electrons. The Morgan fingerprint density at radius 2 is 1.17 bits per heavy atom. The van der Waals surface area contributed by atoms with Crippen molar-refractivity contribution in [2.45, 2.75) is 52.7 Å². The number of benzene rings is 3. The molecule has 0 aliphatic carbocycles. The van der Waals surface area contributed by atoms with E-state index in [1.807, 2.05) is 24.3 Å². The molecule has 0 bridgehead atoms. The Hall–Kier alpha value is -2.72. The van der Waals surface area contributed by atoms with Crippen molar-refractivity contribution in [2.75, 3.05) is 4.90 Å². The third-order valence-corrected chi connectivity index (χ3v) is 5.43. The van der Waals surface area contributed by atoms with Crippen LogP contribution in [0.2, 0.25) is 0 Å². The molecule has 0 aromatic heterocycles. The van der Waals surface area contributed by atoms with E-state index in [9.17, 15) is 0 Å². The lowest BCUT2D eigenvalue weighted by atomic mass is 10.1. The highest BCUT2D eigenvalue weighted by Crippen LogP contribution is 2.37. The van der Waals surface area contributed by atoms with Crippen molar-refractivity contribution >= 4 is 32.5 Å². The molecule has 3 aromatic rings. The summed E-state index contributed by atoms with van der Waals surface area (Å²) >= 11 is 0. The molecule has 3 aromatic carbocycles. The van der Waals surface area contributed by atoms with Crippen molar-refractivity contribution in [1.29, 1.82) is 0 Å². The Morgan fingerprint density at radius 3 is 1.60 bits per heavy atom. The van der Waals surface area contributed by atoms with Crippen LogP contribution in [0.25, 0.3) is 0 Å². The zero-order valence-electron chi connectivity index (χ0n) is 18.3.